The molecule has 2 fully saturated rings. The second-order valence-electron chi connectivity index (χ2n) is 4.76. The van der Waals surface area contributed by atoms with Crippen LogP contribution in [0.2, 0.25) is 0 Å². The average molecular weight is 228 g/mol. The maximum atomic E-state index is 3.68. The van der Waals surface area contributed by atoms with Crippen molar-refractivity contribution >= 4 is 11.8 Å². The molecule has 0 aromatic rings. The van der Waals surface area contributed by atoms with Gasteiger partial charge in [-0.2, -0.15) is 11.8 Å². The molecule has 2 nitrogen and oxygen atoms in total. The van der Waals surface area contributed by atoms with Crippen LogP contribution in [-0.2, 0) is 0 Å². The lowest BCUT2D eigenvalue weighted by Gasteiger charge is -2.22. The molecule has 0 radical (unpaired) electrons. The second kappa shape index (κ2) is 6.77. The third-order valence-electron chi connectivity index (χ3n) is 3.53. The summed E-state index contributed by atoms with van der Waals surface area (Å²) < 4.78 is 0. The Labute approximate surface area is 98.0 Å². The van der Waals surface area contributed by atoms with Crippen LogP contribution in [0.4, 0.5) is 0 Å². The van der Waals surface area contributed by atoms with E-state index < -0.39 is 0 Å². The summed E-state index contributed by atoms with van der Waals surface area (Å²) in [6, 6.07) is 0.846. The van der Waals surface area contributed by atoms with Gasteiger partial charge in [0.2, 0.25) is 0 Å². The van der Waals surface area contributed by atoms with Gasteiger partial charge in [0.25, 0.3) is 0 Å². The lowest BCUT2D eigenvalue weighted by Crippen LogP contribution is -2.31. The molecule has 1 aliphatic carbocycles. The molecule has 0 unspecified atom stereocenters. The Balaban J connectivity index is 1.47. The van der Waals surface area contributed by atoms with Crippen LogP contribution in [0.5, 0.6) is 0 Å². The number of hydrogen-bond donors (Lipinski definition) is 2. The molecule has 0 amide bonds. The topological polar surface area (TPSA) is 24.1 Å². The maximum absolute atomic E-state index is 3.68. The van der Waals surface area contributed by atoms with Crippen LogP contribution in [-0.4, -0.2) is 36.7 Å². The Morgan fingerprint density at radius 2 is 1.80 bits per heavy atom. The Kier molecular flexibility index (Phi) is 5.30. The number of piperidine rings is 1. The first-order valence-electron chi connectivity index (χ1n) is 6.51. The first-order chi connectivity index (χ1) is 7.45. The summed E-state index contributed by atoms with van der Waals surface area (Å²) in [6.45, 7) is 3.68. The monoisotopic (exact) mass is 228 g/mol. The Hall–Kier alpha value is 0.270. The molecule has 0 atom stereocenters. The summed E-state index contributed by atoms with van der Waals surface area (Å²) in [5.41, 5.74) is 0. The fourth-order valence-corrected chi connectivity index (χ4v) is 3.72. The van der Waals surface area contributed by atoms with Gasteiger partial charge in [-0.3, -0.25) is 0 Å². The molecule has 0 aromatic carbocycles. The van der Waals surface area contributed by atoms with E-state index in [-0.39, 0.29) is 0 Å². The predicted molar refractivity (Wildman–Crippen MR) is 68.6 cm³/mol. The van der Waals surface area contributed by atoms with Crippen LogP contribution in [0.3, 0.4) is 0 Å². The van der Waals surface area contributed by atoms with Crippen LogP contribution in [0.1, 0.15) is 38.5 Å². The third-order valence-corrected chi connectivity index (χ3v) is 4.91. The van der Waals surface area contributed by atoms with E-state index in [2.05, 4.69) is 22.4 Å². The molecular formula is C12H24N2S. The number of nitrogens with one attached hydrogen (secondary N) is 2. The SMILES string of the molecule is C1CCC(NCCSC2CCNCC2)C1. The lowest BCUT2D eigenvalue weighted by molar-refractivity contribution is 0.528. The van der Waals surface area contributed by atoms with Crippen LogP contribution < -0.4 is 10.6 Å². The van der Waals surface area contributed by atoms with Gasteiger partial charge in [0, 0.05) is 23.6 Å². The lowest BCUT2D eigenvalue weighted by atomic mass is 10.2. The Morgan fingerprint density at radius 1 is 1.07 bits per heavy atom. The van der Waals surface area contributed by atoms with Gasteiger partial charge in [0.05, 0.1) is 0 Å². The van der Waals surface area contributed by atoms with E-state index in [0.29, 0.717) is 0 Å². The summed E-state index contributed by atoms with van der Waals surface area (Å²) in [5, 5.41) is 8.03. The fraction of sp³-hybridized carbons (Fsp3) is 1.00. The van der Waals surface area contributed by atoms with E-state index in [0.717, 1.165) is 11.3 Å². The van der Waals surface area contributed by atoms with E-state index in [9.17, 15) is 0 Å². The third kappa shape index (κ3) is 4.33. The van der Waals surface area contributed by atoms with Gasteiger partial charge >= 0.3 is 0 Å². The van der Waals surface area contributed by atoms with Crippen LogP contribution in [0.15, 0.2) is 0 Å². The van der Waals surface area contributed by atoms with Gasteiger partial charge < -0.3 is 10.6 Å². The first kappa shape index (κ1) is 11.7. The zero-order chi connectivity index (χ0) is 10.3. The van der Waals surface area contributed by atoms with E-state index in [1.165, 1.54) is 63.9 Å². The van der Waals surface area contributed by atoms with Gasteiger partial charge in [-0.25, -0.2) is 0 Å². The normalized spacial score (nSPS) is 24.8. The molecule has 0 spiro atoms. The van der Waals surface area contributed by atoms with Crippen molar-refractivity contribution in [3.05, 3.63) is 0 Å². The van der Waals surface area contributed by atoms with Crippen LogP contribution in [0, 0.1) is 0 Å². The average Bonchev–Trinajstić information content (AvgIpc) is 2.79. The summed E-state index contributed by atoms with van der Waals surface area (Å²) in [6.07, 6.45) is 8.45. The van der Waals surface area contributed by atoms with Gasteiger partial charge in [-0.05, 0) is 38.8 Å². The minimum absolute atomic E-state index is 0.846. The van der Waals surface area contributed by atoms with Gasteiger partial charge in [-0.1, -0.05) is 12.8 Å². The standard InChI is InChI=1S/C12H24N2S/c1-2-4-11(3-1)14-9-10-15-12-5-7-13-8-6-12/h11-14H,1-10H2. The Morgan fingerprint density at radius 3 is 2.53 bits per heavy atom. The molecule has 0 bridgehead atoms. The largest absolute Gasteiger partial charge is 0.317 e. The molecule has 1 aliphatic heterocycles. The smallest absolute Gasteiger partial charge is 0.00716 e. The first-order valence-corrected chi connectivity index (χ1v) is 7.56. The van der Waals surface area contributed by atoms with Crippen molar-refractivity contribution in [2.24, 2.45) is 0 Å². The van der Waals surface area contributed by atoms with Crippen molar-refractivity contribution in [1.29, 1.82) is 0 Å². The molecule has 88 valence electrons. The van der Waals surface area contributed by atoms with Gasteiger partial charge in [0.15, 0.2) is 0 Å². The summed E-state index contributed by atoms with van der Waals surface area (Å²) in [4.78, 5) is 0. The van der Waals surface area contributed by atoms with Crippen molar-refractivity contribution in [1.82, 2.24) is 10.6 Å². The fourth-order valence-electron chi connectivity index (χ4n) is 2.58. The van der Waals surface area contributed by atoms with Crippen molar-refractivity contribution in [2.75, 3.05) is 25.4 Å². The number of rotatable bonds is 5. The van der Waals surface area contributed by atoms with Crippen LogP contribution >= 0.6 is 11.8 Å². The number of thioether (sulfide) groups is 1. The van der Waals surface area contributed by atoms with Crippen molar-refractivity contribution in [3.8, 4) is 0 Å². The number of hydrogen-bond acceptors (Lipinski definition) is 3. The Bertz CT molecular complexity index is 163. The van der Waals surface area contributed by atoms with Gasteiger partial charge in [-0.15, -0.1) is 0 Å². The summed E-state index contributed by atoms with van der Waals surface area (Å²) in [5.74, 6) is 1.31. The second-order valence-corrected chi connectivity index (χ2v) is 6.16. The molecule has 2 rings (SSSR count). The molecule has 2 N–H and O–H groups in total. The van der Waals surface area contributed by atoms with Crippen molar-refractivity contribution in [3.63, 3.8) is 0 Å². The van der Waals surface area contributed by atoms with E-state index in [4.69, 9.17) is 0 Å². The van der Waals surface area contributed by atoms with Crippen molar-refractivity contribution < 1.29 is 0 Å². The molecule has 1 saturated heterocycles. The maximum Gasteiger partial charge on any atom is 0.00716 e. The predicted octanol–water partition coefficient (Wildman–Crippen LogP) is 2.00. The molecule has 2 aliphatic rings. The zero-order valence-electron chi connectivity index (χ0n) is 9.63. The molecule has 15 heavy (non-hydrogen) atoms. The summed E-state index contributed by atoms with van der Waals surface area (Å²) >= 11 is 2.18. The molecule has 1 heterocycles. The quantitative estimate of drug-likeness (QED) is 0.704. The van der Waals surface area contributed by atoms with Crippen LogP contribution in [0.25, 0.3) is 0 Å². The highest BCUT2D eigenvalue weighted by atomic mass is 32.2. The minimum Gasteiger partial charge on any atom is -0.317 e. The zero-order valence-corrected chi connectivity index (χ0v) is 10.5. The molecule has 3 heteroatoms. The van der Waals surface area contributed by atoms with E-state index in [1.807, 2.05) is 0 Å². The molecule has 0 aromatic heterocycles. The van der Waals surface area contributed by atoms with E-state index >= 15 is 0 Å². The highest BCUT2D eigenvalue weighted by Crippen LogP contribution is 2.20. The van der Waals surface area contributed by atoms with Crippen molar-refractivity contribution in [2.45, 2.75) is 49.8 Å². The van der Waals surface area contributed by atoms with E-state index in [1.54, 1.807) is 0 Å². The van der Waals surface area contributed by atoms with Gasteiger partial charge in [0.1, 0.15) is 0 Å². The summed E-state index contributed by atoms with van der Waals surface area (Å²) in [7, 11) is 0. The highest BCUT2D eigenvalue weighted by molar-refractivity contribution is 7.99. The molecular weight excluding hydrogens is 204 g/mol. The molecule has 1 saturated carbocycles. The highest BCUT2D eigenvalue weighted by Gasteiger charge is 2.15. The minimum atomic E-state index is 0.846.